The fourth-order valence-corrected chi connectivity index (χ4v) is 3.40. The molecular formula is C22H21NO3S. The number of amides is 1. The summed E-state index contributed by atoms with van der Waals surface area (Å²) in [6, 6.07) is 18.3. The van der Waals surface area contributed by atoms with Crippen molar-refractivity contribution in [2.24, 2.45) is 0 Å². The van der Waals surface area contributed by atoms with Crippen LogP contribution < -0.4 is 4.74 Å². The van der Waals surface area contributed by atoms with Gasteiger partial charge in [-0.3, -0.25) is 9.59 Å². The zero-order valence-corrected chi connectivity index (χ0v) is 16.2. The summed E-state index contributed by atoms with van der Waals surface area (Å²) in [7, 11) is 1.72. The van der Waals surface area contributed by atoms with Crippen LogP contribution in [0, 0.1) is 6.92 Å². The lowest BCUT2D eigenvalue weighted by atomic mass is 10.0. The second-order valence-corrected chi connectivity index (χ2v) is 7.19. The van der Waals surface area contributed by atoms with Gasteiger partial charge < -0.3 is 9.64 Å². The van der Waals surface area contributed by atoms with Crippen LogP contribution in [0.5, 0.6) is 5.75 Å². The number of ketones is 1. The summed E-state index contributed by atoms with van der Waals surface area (Å²) in [5, 5.41) is 1.85. The molecule has 0 fully saturated rings. The number of hydrogen-bond acceptors (Lipinski definition) is 4. The maximum Gasteiger partial charge on any atom is 0.254 e. The molecule has 0 N–H and O–H groups in total. The van der Waals surface area contributed by atoms with Gasteiger partial charge in [0.2, 0.25) is 5.78 Å². The lowest BCUT2D eigenvalue weighted by molar-refractivity contribution is 0.0769. The third-order valence-electron chi connectivity index (χ3n) is 4.18. The molecule has 4 nitrogen and oxygen atoms in total. The molecule has 0 atom stereocenters. The molecule has 0 saturated carbocycles. The molecular weight excluding hydrogens is 358 g/mol. The first-order valence-electron chi connectivity index (χ1n) is 8.68. The van der Waals surface area contributed by atoms with E-state index in [1.54, 1.807) is 42.3 Å². The van der Waals surface area contributed by atoms with Crippen molar-refractivity contribution in [3.8, 4) is 5.75 Å². The number of ether oxygens (including phenoxy) is 1. The fourth-order valence-electron chi connectivity index (χ4n) is 2.72. The highest BCUT2D eigenvalue weighted by atomic mass is 32.1. The Morgan fingerprint density at radius 2 is 1.78 bits per heavy atom. The molecule has 0 spiro atoms. The summed E-state index contributed by atoms with van der Waals surface area (Å²) >= 11 is 1.37. The predicted molar refractivity (Wildman–Crippen MR) is 108 cm³/mol. The number of carbonyl (C=O) groups is 2. The van der Waals surface area contributed by atoms with Gasteiger partial charge in [0.15, 0.2) is 0 Å². The fraction of sp³-hybridized carbons (Fsp3) is 0.182. The Balaban J connectivity index is 1.67. The number of rotatable bonds is 7. The molecule has 0 unspecified atom stereocenters. The first-order chi connectivity index (χ1) is 13.1. The monoisotopic (exact) mass is 379 g/mol. The third kappa shape index (κ3) is 4.63. The van der Waals surface area contributed by atoms with E-state index in [4.69, 9.17) is 4.74 Å². The molecule has 1 heterocycles. The van der Waals surface area contributed by atoms with Crippen molar-refractivity contribution in [2.45, 2.75) is 6.92 Å². The molecule has 27 heavy (non-hydrogen) atoms. The summed E-state index contributed by atoms with van der Waals surface area (Å²) in [5.41, 5.74) is 1.96. The Labute approximate surface area is 163 Å². The minimum absolute atomic E-state index is 0.127. The molecule has 2 aromatic carbocycles. The first-order valence-corrected chi connectivity index (χ1v) is 9.56. The average molecular weight is 379 g/mol. The van der Waals surface area contributed by atoms with Crippen LogP contribution in [0.4, 0.5) is 0 Å². The molecule has 1 aromatic heterocycles. The Morgan fingerprint density at radius 1 is 1.00 bits per heavy atom. The standard InChI is InChI=1S/C22H21NO3S/c1-16-7-5-8-17(15-16)26-13-12-23(2)22(25)19-10-4-3-9-18(19)21(24)20-11-6-14-27-20/h3-11,14-15H,12-13H2,1-2H3. The highest BCUT2D eigenvalue weighted by Gasteiger charge is 2.21. The van der Waals surface area contributed by atoms with E-state index in [9.17, 15) is 9.59 Å². The van der Waals surface area contributed by atoms with Crippen molar-refractivity contribution in [3.05, 3.63) is 87.6 Å². The molecule has 0 aliphatic rings. The van der Waals surface area contributed by atoms with Crippen LogP contribution >= 0.6 is 11.3 Å². The van der Waals surface area contributed by atoms with Gasteiger partial charge in [0.1, 0.15) is 12.4 Å². The van der Waals surface area contributed by atoms with Crippen LogP contribution in [0.1, 0.15) is 31.2 Å². The van der Waals surface area contributed by atoms with Gasteiger partial charge in [-0.15, -0.1) is 11.3 Å². The third-order valence-corrected chi connectivity index (χ3v) is 5.05. The largest absolute Gasteiger partial charge is 0.492 e. The molecule has 5 heteroatoms. The minimum Gasteiger partial charge on any atom is -0.492 e. The van der Waals surface area contributed by atoms with Gasteiger partial charge >= 0.3 is 0 Å². The Bertz CT molecular complexity index is 934. The van der Waals surface area contributed by atoms with Gasteiger partial charge in [-0.2, -0.15) is 0 Å². The molecule has 0 aliphatic carbocycles. The van der Waals surface area contributed by atoms with Crippen molar-refractivity contribution >= 4 is 23.0 Å². The van der Waals surface area contributed by atoms with Crippen LogP contribution in [-0.4, -0.2) is 36.8 Å². The highest BCUT2D eigenvalue weighted by molar-refractivity contribution is 7.12. The lowest BCUT2D eigenvalue weighted by Gasteiger charge is -2.19. The van der Waals surface area contributed by atoms with E-state index in [0.717, 1.165) is 11.3 Å². The number of thiophene rings is 1. The van der Waals surface area contributed by atoms with Gasteiger partial charge in [-0.05, 0) is 42.1 Å². The second kappa shape index (κ2) is 8.64. The Morgan fingerprint density at radius 3 is 2.48 bits per heavy atom. The molecule has 0 saturated heterocycles. The lowest BCUT2D eigenvalue weighted by Crippen LogP contribution is -2.32. The number of aryl methyl sites for hydroxylation is 1. The van der Waals surface area contributed by atoms with Crippen LogP contribution in [-0.2, 0) is 0 Å². The smallest absolute Gasteiger partial charge is 0.254 e. The van der Waals surface area contributed by atoms with Gasteiger partial charge in [-0.25, -0.2) is 0 Å². The SMILES string of the molecule is Cc1cccc(OCCN(C)C(=O)c2ccccc2C(=O)c2cccs2)c1. The average Bonchev–Trinajstić information content (AvgIpc) is 3.21. The number of benzene rings is 2. The summed E-state index contributed by atoms with van der Waals surface area (Å²) < 4.78 is 5.72. The normalized spacial score (nSPS) is 10.4. The van der Waals surface area contributed by atoms with E-state index in [2.05, 4.69) is 0 Å². The van der Waals surface area contributed by atoms with Crippen molar-refractivity contribution in [1.29, 1.82) is 0 Å². The van der Waals surface area contributed by atoms with Crippen molar-refractivity contribution in [1.82, 2.24) is 4.90 Å². The van der Waals surface area contributed by atoms with Gasteiger partial charge in [0.25, 0.3) is 5.91 Å². The molecule has 3 aromatic rings. The summed E-state index contributed by atoms with van der Waals surface area (Å²) in [5.74, 6) is 0.464. The quantitative estimate of drug-likeness (QED) is 0.570. The van der Waals surface area contributed by atoms with Crippen molar-refractivity contribution < 1.29 is 14.3 Å². The summed E-state index contributed by atoms with van der Waals surface area (Å²) in [6.45, 7) is 2.81. The highest BCUT2D eigenvalue weighted by Crippen LogP contribution is 2.19. The van der Waals surface area contributed by atoms with Crippen molar-refractivity contribution in [3.63, 3.8) is 0 Å². The molecule has 1 amide bonds. The molecule has 0 radical (unpaired) electrons. The number of carbonyl (C=O) groups excluding carboxylic acids is 2. The van der Waals surface area contributed by atoms with E-state index in [1.165, 1.54) is 11.3 Å². The molecule has 0 aliphatic heterocycles. The van der Waals surface area contributed by atoms with Gasteiger partial charge in [-0.1, -0.05) is 36.4 Å². The zero-order chi connectivity index (χ0) is 19.2. The van der Waals surface area contributed by atoms with E-state index in [-0.39, 0.29) is 11.7 Å². The van der Waals surface area contributed by atoms with Crippen molar-refractivity contribution in [2.75, 3.05) is 20.2 Å². The number of nitrogens with zero attached hydrogens (tertiary/aromatic N) is 1. The predicted octanol–water partition coefficient (Wildman–Crippen LogP) is 4.44. The van der Waals surface area contributed by atoms with Crippen LogP contribution in [0.2, 0.25) is 0 Å². The molecule has 0 bridgehead atoms. The van der Waals surface area contributed by atoms with Crippen LogP contribution in [0.15, 0.2) is 66.0 Å². The number of hydrogen-bond donors (Lipinski definition) is 0. The molecule has 3 rings (SSSR count). The second-order valence-electron chi connectivity index (χ2n) is 6.24. The topological polar surface area (TPSA) is 46.6 Å². The van der Waals surface area contributed by atoms with E-state index in [0.29, 0.717) is 29.2 Å². The maximum atomic E-state index is 12.9. The minimum atomic E-state index is -0.191. The van der Waals surface area contributed by atoms with Crippen LogP contribution in [0.3, 0.4) is 0 Å². The van der Waals surface area contributed by atoms with E-state index < -0.39 is 0 Å². The van der Waals surface area contributed by atoms with E-state index >= 15 is 0 Å². The Kier molecular flexibility index (Phi) is 6.04. The molecule has 138 valence electrons. The maximum absolute atomic E-state index is 12.9. The zero-order valence-electron chi connectivity index (χ0n) is 15.3. The number of likely N-dealkylation sites (N-methyl/N-ethyl adjacent to an activating group) is 1. The summed E-state index contributed by atoms with van der Waals surface area (Å²) in [4.78, 5) is 27.8. The van der Waals surface area contributed by atoms with Crippen LogP contribution in [0.25, 0.3) is 0 Å². The Hall–Kier alpha value is -2.92. The summed E-state index contributed by atoms with van der Waals surface area (Å²) in [6.07, 6.45) is 0. The first kappa shape index (κ1) is 18.9. The van der Waals surface area contributed by atoms with Gasteiger partial charge in [0, 0.05) is 12.6 Å². The van der Waals surface area contributed by atoms with Gasteiger partial charge in [0.05, 0.1) is 17.0 Å². The van der Waals surface area contributed by atoms with E-state index in [1.807, 2.05) is 42.6 Å².